The molecule has 1 aliphatic heterocycles. The highest BCUT2D eigenvalue weighted by Crippen LogP contribution is 2.18. The van der Waals surface area contributed by atoms with Crippen molar-refractivity contribution < 1.29 is 4.74 Å². The van der Waals surface area contributed by atoms with Gasteiger partial charge in [-0.2, -0.15) is 0 Å². The second-order valence-electron chi connectivity index (χ2n) is 3.76. The molecule has 4 nitrogen and oxygen atoms in total. The number of nitrogens with zero attached hydrogens (tertiary/aromatic N) is 1. The molecule has 2 rings (SSSR count). The van der Waals surface area contributed by atoms with Gasteiger partial charge in [0.05, 0.1) is 19.4 Å². The number of benzene rings is 1. The zero-order valence-corrected chi connectivity index (χ0v) is 8.73. The number of nitrogens with two attached hydrogens (primary N) is 2. The van der Waals surface area contributed by atoms with Gasteiger partial charge in [-0.1, -0.05) is 12.1 Å². The molecular formula is C11H17N3O. The predicted octanol–water partition coefficient (Wildman–Crippen LogP) is 0.558. The molecular weight excluding hydrogens is 190 g/mol. The fourth-order valence-electron chi connectivity index (χ4n) is 1.81. The first-order chi connectivity index (χ1) is 7.27. The highest BCUT2D eigenvalue weighted by molar-refractivity contribution is 5.41. The summed E-state index contributed by atoms with van der Waals surface area (Å²) in [7, 11) is 0. The molecule has 0 bridgehead atoms. The van der Waals surface area contributed by atoms with Gasteiger partial charge in [-0.05, 0) is 17.7 Å². The molecule has 1 saturated heterocycles. The molecule has 1 fully saturated rings. The number of hydrogen-bond donors (Lipinski definition) is 2. The first-order valence-electron chi connectivity index (χ1n) is 5.20. The Morgan fingerprint density at radius 2 is 2.00 bits per heavy atom. The van der Waals surface area contributed by atoms with Crippen LogP contribution in [0.4, 0.5) is 5.69 Å². The van der Waals surface area contributed by atoms with E-state index in [1.165, 1.54) is 0 Å². The lowest BCUT2D eigenvalue weighted by Gasteiger charge is -2.32. The molecule has 82 valence electrons. The summed E-state index contributed by atoms with van der Waals surface area (Å²) in [4.78, 5) is 2.21. The Kier molecular flexibility index (Phi) is 3.20. The van der Waals surface area contributed by atoms with Gasteiger partial charge >= 0.3 is 0 Å². The third-order valence-corrected chi connectivity index (χ3v) is 2.69. The fourth-order valence-corrected chi connectivity index (χ4v) is 1.81. The molecule has 1 unspecified atom stereocenters. The summed E-state index contributed by atoms with van der Waals surface area (Å²) < 4.78 is 5.29. The zero-order chi connectivity index (χ0) is 10.7. The normalized spacial score (nSPS) is 20.1. The Balaban J connectivity index is 2.08. The third kappa shape index (κ3) is 2.47. The Morgan fingerprint density at radius 3 is 2.67 bits per heavy atom. The Bertz CT molecular complexity index is 323. The van der Waals surface area contributed by atoms with Crippen LogP contribution in [0.5, 0.6) is 0 Å². The van der Waals surface area contributed by atoms with Gasteiger partial charge in [0.25, 0.3) is 0 Å². The van der Waals surface area contributed by atoms with Crippen LogP contribution in [-0.2, 0) is 4.74 Å². The minimum absolute atomic E-state index is 0.0719. The average Bonchev–Trinajstić information content (AvgIpc) is 2.29. The second kappa shape index (κ2) is 4.61. The number of rotatable bonds is 2. The van der Waals surface area contributed by atoms with Crippen LogP contribution in [0.15, 0.2) is 24.3 Å². The van der Waals surface area contributed by atoms with Gasteiger partial charge in [0.15, 0.2) is 0 Å². The number of morpholine rings is 1. The number of nitrogen functional groups attached to an aromatic ring is 1. The van der Waals surface area contributed by atoms with E-state index in [9.17, 15) is 0 Å². The molecule has 0 aromatic heterocycles. The third-order valence-electron chi connectivity index (χ3n) is 2.69. The minimum Gasteiger partial charge on any atom is -0.399 e. The van der Waals surface area contributed by atoms with E-state index in [1.54, 1.807) is 0 Å². The van der Waals surface area contributed by atoms with E-state index in [0.717, 1.165) is 37.6 Å². The smallest absolute Gasteiger partial charge is 0.0837 e. The van der Waals surface area contributed by atoms with Crippen molar-refractivity contribution in [2.45, 2.75) is 6.17 Å². The molecule has 1 heterocycles. The molecule has 0 spiro atoms. The molecule has 1 atom stereocenters. The largest absolute Gasteiger partial charge is 0.399 e. The van der Waals surface area contributed by atoms with Gasteiger partial charge in [-0.25, -0.2) is 0 Å². The Morgan fingerprint density at radius 1 is 1.27 bits per heavy atom. The summed E-state index contributed by atoms with van der Waals surface area (Å²) in [5.74, 6) is 0. The molecule has 1 aromatic rings. The lowest BCUT2D eigenvalue weighted by atomic mass is 10.1. The maximum atomic E-state index is 6.15. The maximum absolute atomic E-state index is 6.15. The van der Waals surface area contributed by atoms with E-state index in [0.29, 0.717) is 0 Å². The van der Waals surface area contributed by atoms with Crippen molar-refractivity contribution in [1.29, 1.82) is 0 Å². The van der Waals surface area contributed by atoms with Crippen molar-refractivity contribution in [2.24, 2.45) is 5.73 Å². The van der Waals surface area contributed by atoms with Gasteiger partial charge in [-0.3, -0.25) is 4.90 Å². The maximum Gasteiger partial charge on any atom is 0.0837 e. The van der Waals surface area contributed by atoms with E-state index in [2.05, 4.69) is 4.90 Å². The summed E-state index contributed by atoms with van der Waals surface area (Å²) in [5.41, 5.74) is 13.7. The zero-order valence-electron chi connectivity index (χ0n) is 8.73. The van der Waals surface area contributed by atoms with Crippen molar-refractivity contribution in [3.05, 3.63) is 29.8 Å². The first-order valence-corrected chi connectivity index (χ1v) is 5.20. The topological polar surface area (TPSA) is 64.5 Å². The summed E-state index contributed by atoms with van der Waals surface area (Å²) in [5, 5.41) is 0. The van der Waals surface area contributed by atoms with Gasteiger partial charge < -0.3 is 16.2 Å². The minimum atomic E-state index is -0.0719. The molecule has 4 N–H and O–H groups in total. The van der Waals surface area contributed by atoms with Gasteiger partial charge in [-0.15, -0.1) is 0 Å². The molecule has 0 radical (unpaired) electrons. The fraction of sp³-hybridized carbons (Fsp3) is 0.455. The van der Waals surface area contributed by atoms with Crippen molar-refractivity contribution >= 4 is 5.69 Å². The van der Waals surface area contributed by atoms with E-state index >= 15 is 0 Å². The van der Waals surface area contributed by atoms with Crippen LogP contribution in [0.1, 0.15) is 11.7 Å². The molecule has 1 aliphatic rings. The quantitative estimate of drug-likeness (QED) is 0.695. The summed E-state index contributed by atoms with van der Waals surface area (Å²) >= 11 is 0. The monoisotopic (exact) mass is 207 g/mol. The van der Waals surface area contributed by atoms with Gasteiger partial charge in [0, 0.05) is 18.8 Å². The van der Waals surface area contributed by atoms with Crippen molar-refractivity contribution in [1.82, 2.24) is 4.90 Å². The van der Waals surface area contributed by atoms with E-state index in [1.807, 2.05) is 24.3 Å². The van der Waals surface area contributed by atoms with Gasteiger partial charge in [0.2, 0.25) is 0 Å². The molecule has 15 heavy (non-hydrogen) atoms. The van der Waals surface area contributed by atoms with Gasteiger partial charge in [0.1, 0.15) is 0 Å². The van der Waals surface area contributed by atoms with Crippen LogP contribution in [0.25, 0.3) is 0 Å². The average molecular weight is 207 g/mol. The van der Waals surface area contributed by atoms with Crippen LogP contribution >= 0.6 is 0 Å². The molecule has 1 aromatic carbocycles. The SMILES string of the molecule is Nc1cccc(C(N)N2CCOCC2)c1. The highest BCUT2D eigenvalue weighted by Gasteiger charge is 2.18. The molecule has 0 amide bonds. The molecule has 0 saturated carbocycles. The van der Waals surface area contributed by atoms with Crippen LogP contribution < -0.4 is 11.5 Å². The number of hydrogen-bond acceptors (Lipinski definition) is 4. The van der Waals surface area contributed by atoms with Crippen molar-refractivity contribution in [3.8, 4) is 0 Å². The second-order valence-corrected chi connectivity index (χ2v) is 3.76. The Hall–Kier alpha value is -1.10. The highest BCUT2D eigenvalue weighted by atomic mass is 16.5. The number of anilines is 1. The van der Waals surface area contributed by atoms with E-state index in [-0.39, 0.29) is 6.17 Å². The summed E-state index contributed by atoms with van der Waals surface area (Å²) in [6.45, 7) is 3.29. The lowest BCUT2D eigenvalue weighted by Crippen LogP contribution is -2.42. The Labute approximate surface area is 89.8 Å². The van der Waals surface area contributed by atoms with Crippen molar-refractivity contribution in [2.75, 3.05) is 32.0 Å². The molecule has 4 heteroatoms. The lowest BCUT2D eigenvalue weighted by molar-refractivity contribution is 0.0173. The van der Waals surface area contributed by atoms with Crippen LogP contribution in [0.2, 0.25) is 0 Å². The summed E-state index contributed by atoms with van der Waals surface area (Å²) in [6.07, 6.45) is -0.0719. The number of ether oxygens (including phenoxy) is 1. The summed E-state index contributed by atoms with van der Waals surface area (Å²) in [6, 6.07) is 7.75. The standard InChI is InChI=1S/C11H17N3O/c12-10-3-1-2-9(8-10)11(13)14-4-6-15-7-5-14/h1-3,8,11H,4-7,12-13H2. The van der Waals surface area contributed by atoms with Crippen molar-refractivity contribution in [3.63, 3.8) is 0 Å². The van der Waals surface area contributed by atoms with E-state index in [4.69, 9.17) is 16.2 Å². The van der Waals surface area contributed by atoms with Crippen LogP contribution in [0.3, 0.4) is 0 Å². The molecule has 0 aliphatic carbocycles. The van der Waals surface area contributed by atoms with E-state index < -0.39 is 0 Å². The van der Waals surface area contributed by atoms with Crippen LogP contribution in [-0.4, -0.2) is 31.2 Å². The predicted molar refractivity (Wildman–Crippen MR) is 60.2 cm³/mol. The first kappa shape index (κ1) is 10.4. The van der Waals surface area contributed by atoms with Crippen LogP contribution in [0, 0.1) is 0 Å².